The molecule has 2 rings (SSSR count). The van der Waals surface area contributed by atoms with Gasteiger partial charge in [0.15, 0.2) is 0 Å². The molecule has 0 saturated carbocycles. The van der Waals surface area contributed by atoms with Gasteiger partial charge in [-0.2, -0.15) is 0 Å². The molecule has 1 aliphatic heterocycles. The topological polar surface area (TPSA) is 94.5 Å². The summed E-state index contributed by atoms with van der Waals surface area (Å²) in [5, 5.41) is 11.0. The standard InChI is InChI=1S/C12H17ClN4O3/c1-20-10-2-3-16(8(4-10)6-14)12-11(13)5-9(7-15-12)17(18)19/h5,7-8,10H,2-4,6,14H2,1H3. The van der Waals surface area contributed by atoms with E-state index >= 15 is 0 Å². The highest BCUT2D eigenvalue weighted by Gasteiger charge is 2.30. The predicted octanol–water partition coefficient (Wildman–Crippen LogP) is 1.59. The molecule has 1 saturated heterocycles. The van der Waals surface area contributed by atoms with Crippen LogP contribution in [0.2, 0.25) is 5.02 Å². The number of rotatable bonds is 4. The summed E-state index contributed by atoms with van der Waals surface area (Å²) in [7, 11) is 1.69. The number of hydrogen-bond donors (Lipinski definition) is 1. The van der Waals surface area contributed by atoms with Gasteiger partial charge < -0.3 is 15.4 Å². The van der Waals surface area contributed by atoms with Crippen molar-refractivity contribution in [3.05, 3.63) is 27.4 Å². The van der Waals surface area contributed by atoms with Gasteiger partial charge >= 0.3 is 0 Å². The maximum absolute atomic E-state index is 10.7. The van der Waals surface area contributed by atoms with Crippen molar-refractivity contribution in [2.24, 2.45) is 5.73 Å². The Hall–Kier alpha value is -1.44. The molecule has 0 aromatic carbocycles. The molecular formula is C12H17ClN4O3. The van der Waals surface area contributed by atoms with E-state index < -0.39 is 4.92 Å². The van der Waals surface area contributed by atoms with Crippen LogP contribution in [0.4, 0.5) is 11.5 Å². The molecule has 2 N–H and O–H groups in total. The van der Waals surface area contributed by atoms with E-state index in [1.165, 1.54) is 12.3 Å². The fourth-order valence-corrected chi connectivity index (χ4v) is 2.73. The van der Waals surface area contributed by atoms with Gasteiger partial charge in [0.05, 0.1) is 16.0 Å². The van der Waals surface area contributed by atoms with Crippen molar-refractivity contribution in [1.82, 2.24) is 4.98 Å². The molecule has 0 aliphatic carbocycles. The zero-order valence-corrected chi connectivity index (χ0v) is 11.9. The number of piperidine rings is 1. The minimum absolute atomic E-state index is 0.0696. The molecule has 0 spiro atoms. The van der Waals surface area contributed by atoms with Crippen LogP contribution in [0.5, 0.6) is 0 Å². The first-order chi connectivity index (χ1) is 9.56. The lowest BCUT2D eigenvalue weighted by Gasteiger charge is -2.39. The highest BCUT2D eigenvalue weighted by Crippen LogP contribution is 2.31. The van der Waals surface area contributed by atoms with Crippen molar-refractivity contribution >= 4 is 23.1 Å². The SMILES string of the molecule is COC1CCN(c2ncc([N+](=O)[O-])cc2Cl)C(CN)C1. The molecule has 8 heteroatoms. The number of ether oxygens (including phenoxy) is 1. The number of pyridine rings is 1. The van der Waals surface area contributed by atoms with Crippen LogP contribution in [-0.4, -0.2) is 42.3 Å². The van der Waals surface area contributed by atoms with E-state index in [0.717, 1.165) is 12.8 Å². The number of halogens is 1. The van der Waals surface area contributed by atoms with Crippen molar-refractivity contribution in [1.29, 1.82) is 0 Å². The molecule has 1 aromatic rings. The lowest BCUT2D eigenvalue weighted by molar-refractivity contribution is -0.385. The van der Waals surface area contributed by atoms with Gasteiger partial charge in [0.25, 0.3) is 5.69 Å². The van der Waals surface area contributed by atoms with Crippen LogP contribution in [0.15, 0.2) is 12.3 Å². The Balaban J connectivity index is 2.24. The minimum Gasteiger partial charge on any atom is -0.381 e. The van der Waals surface area contributed by atoms with Gasteiger partial charge in [0.2, 0.25) is 0 Å². The first kappa shape index (κ1) is 15.0. The summed E-state index contributed by atoms with van der Waals surface area (Å²) in [6.07, 6.45) is 3.04. The molecule has 2 unspecified atom stereocenters. The predicted molar refractivity (Wildman–Crippen MR) is 76.1 cm³/mol. The summed E-state index contributed by atoms with van der Waals surface area (Å²) >= 11 is 6.12. The van der Waals surface area contributed by atoms with Crippen LogP contribution >= 0.6 is 11.6 Å². The van der Waals surface area contributed by atoms with Crippen LogP contribution in [0.1, 0.15) is 12.8 Å². The van der Waals surface area contributed by atoms with Crippen LogP contribution < -0.4 is 10.6 Å². The fraction of sp³-hybridized carbons (Fsp3) is 0.583. The number of methoxy groups -OCH3 is 1. The zero-order valence-electron chi connectivity index (χ0n) is 11.2. The quantitative estimate of drug-likeness (QED) is 0.670. The molecule has 2 heterocycles. The minimum atomic E-state index is -0.514. The molecule has 20 heavy (non-hydrogen) atoms. The number of nitrogens with zero attached hydrogens (tertiary/aromatic N) is 3. The highest BCUT2D eigenvalue weighted by atomic mass is 35.5. The van der Waals surface area contributed by atoms with E-state index in [0.29, 0.717) is 18.9 Å². The average Bonchev–Trinajstić information content (AvgIpc) is 2.46. The molecule has 0 bridgehead atoms. The van der Waals surface area contributed by atoms with Gasteiger partial charge in [0.1, 0.15) is 12.0 Å². The van der Waals surface area contributed by atoms with Crippen molar-refractivity contribution in [2.45, 2.75) is 25.0 Å². The van der Waals surface area contributed by atoms with Gasteiger partial charge in [-0.3, -0.25) is 10.1 Å². The number of nitrogens with two attached hydrogens (primary N) is 1. The Bertz CT molecular complexity index is 500. The van der Waals surface area contributed by atoms with Gasteiger partial charge in [-0.05, 0) is 12.8 Å². The number of nitro groups is 1. The van der Waals surface area contributed by atoms with E-state index in [9.17, 15) is 10.1 Å². The van der Waals surface area contributed by atoms with E-state index in [-0.39, 0.29) is 22.9 Å². The Kier molecular flexibility index (Phi) is 4.74. The summed E-state index contributed by atoms with van der Waals surface area (Å²) in [6.45, 7) is 1.17. The normalized spacial score (nSPS) is 22.9. The molecule has 110 valence electrons. The molecule has 1 aliphatic rings. The van der Waals surface area contributed by atoms with Crippen molar-refractivity contribution in [2.75, 3.05) is 25.1 Å². The second-order valence-corrected chi connectivity index (χ2v) is 5.13. The van der Waals surface area contributed by atoms with Crippen molar-refractivity contribution < 1.29 is 9.66 Å². The second-order valence-electron chi connectivity index (χ2n) is 4.72. The Morgan fingerprint density at radius 1 is 1.70 bits per heavy atom. The highest BCUT2D eigenvalue weighted by molar-refractivity contribution is 6.33. The van der Waals surface area contributed by atoms with Gasteiger partial charge in [0, 0.05) is 32.3 Å². The van der Waals surface area contributed by atoms with Crippen LogP contribution in [0.25, 0.3) is 0 Å². The summed E-state index contributed by atoms with van der Waals surface area (Å²) in [4.78, 5) is 16.3. The Morgan fingerprint density at radius 3 is 3.00 bits per heavy atom. The number of hydrogen-bond acceptors (Lipinski definition) is 6. The van der Waals surface area contributed by atoms with Crippen LogP contribution in [-0.2, 0) is 4.74 Å². The van der Waals surface area contributed by atoms with Crippen molar-refractivity contribution in [3.8, 4) is 0 Å². The third-order valence-electron chi connectivity index (χ3n) is 3.56. The number of aromatic nitrogens is 1. The van der Waals surface area contributed by atoms with E-state index in [4.69, 9.17) is 22.1 Å². The zero-order chi connectivity index (χ0) is 14.7. The van der Waals surface area contributed by atoms with Crippen molar-refractivity contribution in [3.63, 3.8) is 0 Å². The molecule has 2 atom stereocenters. The van der Waals surface area contributed by atoms with E-state index in [1.54, 1.807) is 7.11 Å². The molecule has 1 fully saturated rings. The summed E-state index contributed by atoms with van der Waals surface area (Å²) < 4.78 is 5.36. The first-order valence-corrected chi connectivity index (χ1v) is 6.74. The van der Waals surface area contributed by atoms with E-state index in [1.807, 2.05) is 4.90 Å². The maximum atomic E-state index is 10.7. The molecular weight excluding hydrogens is 284 g/mol. The average molecular weight is 301 g/mol. The monoisotopic (exact) mass is 300 g/mol. The number of anilines is 1. The Labute approximate surface area is 121 Å². The molecule has 0 radical (unpaired) electrons. The summed E-state index contributed by atoms with van der Waals surface area (Å²) in [5.41, 5.74) is 5.68. The smallest absolute Gasteiger partial charge is 0.289 e. The van der Waals surface area contributed by atoms with Crippen LogP contribution in [0.3, 0.4) is 0 Å². The molecule has 0 amide bonds. The third kappa shape index (κ3) is 3.00. The van der Waals surface area contributed by atoms with E-state index in [2.05, 4.69) is 4.98 Å². The fourth-order valence-electron chi connectivity index (χ4n) is 2.46. The third-order valence-corrected chi connectivity index (χ3v) is 3.84. The summed E-state index contributed by atoms with van der Waals surface area (Å²) in [5.74, 6) is 0.544. The largest absolute Gasteiger partial charge is 0.381 e. The molecule has 1 aromatic heterocycles. The first-order valence-electron chi connectivity index (χ1n) is 6.36. The second kappa shape index (κ2) is 6.34. The molecule has 7 nitrogen and oxygen atoms in total. The van der Waals surface area contributed by atoms with Gasteiger partial charge in [-0.25, -0.2) is 4.98 Å². The Morgan fingerprint density at radius 2 is 2.45 bits per heavy atom. The van der Waals surface area contributed by atoms with Gasteiger partial charge in [-0.1, -0.05) is 11.6 Å². The van der Waals surface area contributed by atoms with Gasteiger partial charge in [-0.15, -0.1) is 0 Å². The summed E-state index contributed by atoms with van der Waals surface area (Å²) in [6, 6.07) is 1.39. The lowest BCUT2D eigenvalue weighted by Crippen LogP contribution is -2.49. The lowest BCUT2D eigenvalue weighted by atomic mass is 9.99. The van der Waals surface area contributed by atoms with Crippen LogP contribution in [0, 0.1) is 10.1 Å². The maximum Gasteiger partial charge on any atom is 0.289 e.